The summed E-state index contributed by atoms with van der Waals surface area (Å²) in [6.45, 7) is 0. The number of benzene rings is 2. The highest BCUT2D eigenvalue weighted by Crippen LogP contribution is 2.40. The molecule has 6 heteroatoms. The van der Waals surface area contributed by atoms with E-state index in [4.69, 9.17) is 0 Å². The number of nitrogens with zero attached hydrogens (tertiary/aromatic N) is 1. The van der Waals surface area contributed by atoms with Crippen molar-refractivity contribution in [3.8, 4) is 11.1 Å². The molecular weight excluding hydrogens is 286 g/mol. The van der Waals surface area contributed by atoms with E-state index in [0.717, 1.165) is 0 Å². The second-order valence-corrected chi connectivity index (χ2v) is 5.05. The quantitative estimate of drug-likeness (QED) is 0.443. The van der Waals surface area contributed by atoms with Crippen molar-refractivity contribution in [2.75, 3.05) is 0 Å². The van der Waals surface area contributed by atoms with Crippen LogP contribution in [0.2, 0.25) is 0 Å². The van der Waals surface area contributed by atoms with Gasteiger partial charge in [-0.2, -0.15) is 0 Å². The Balaban J connectivity index is 2.80. The first-order valence-corrected chi connectivity index (χ1v) is 6.34. The summed E-state index contributed by atoms with van der Waals surface area (Å²) >= 11 is 12.8. The van der Waals surface area contributed by atoms with E-state index in [-0.39, 0.29) is 5.69 Å². The minimum Gasteiger partial charge on any atom is -0.258 e. The molecule has 0 spiro atoms. The Bertz CT molecular complexity index is 608. The first kappa shape index (κ1) is 13.3. The third kappa shape index (κ3) is 2.36. The zero-order valence-corrected chi connectivity index (χ0v) is 11.8. The predicted molar refractivity (Wildman–Crippen MR) is 80.3 cm³/mol. The average Bonchev–Trinajstić information content (AvgIpc) is 2.28. The fourth-order valence-electron chi connectivity index (χ4n) is 1.73. The smallest absolute Gasteiger partial charge is 0.258 e. The molecule has 0 amide bonds. The van der Waals surface area contributed by atoms with Crippen LogP contribution in [0.4, 0.5) is 5.69 Å². The van der Waals surface area contributed by atoms with Gasteiger partial charge in [0, 0.05) is 15.4 Å². The van der Waals surface area contributed by atoms with E-state index in [1.165, 1.54) is 0 Å². The fraction of sp³-hybridized carbons (Fsp3) is 0. The van der Waals surface area contributed by atoms with Crippen LogP contribution in [-0.2, 0) is 0 Å². The van der Waals surface area contributed by atoms with Crippen LogP contribution in [0.25, 0.3) is 11.1 Å². The van der Waals surface area contributed by atoms with Crippen molar-refractivity contribution in [3.63, 3.8) is 0 Å². The highest BCUT2D eigenvalue weighted by atomic mass is 32.1. The molecule has 18 heavy (non-hydrogen) atoms. The second-order valence-electron chi connectivity index (χ2n) is 3.60. The van der Waals surface area contributed by atoms with Gasteiger partial charge in [0.15, 0.2) is 0 Å². The van der Waals surface area contributed by atoms with Crippen molar-refractivity contribution in [2.45, 2.75) is 14.7 Å². The molecule has 2 aromatic rings. The summed E-state index contributed by atoms with van der Waals surface area (Å²) in [5, 5.41) is 11.1. The Kier molecular flexibility index (Phi) is 3.89. The third-order valence-electron chi connectivity index (χ3n) is 2.49. The minimum absolute atomic E-state index is 0.0300. The first-order chi connectivity index (χ1) is 8.52. The minimum atomic E-state index is -0.439. The fourth-order valence-corrected chi connectivity index (χ4v) is 2.76. The zero-order chi connectivity index (χ0) is 13.3. The number of nitro benzene ring substituents is 1. The highest BCUT2D eigenvalue weighted by molar-refractivity contribution is 7.81. The van der Waals surface area contributed by atoms with Crippen LogP contribution < -0.4 is 0 Å². The molecule has 2 aromatic carbocycles. The van der Waals surface area contributed by atoms with Gasteiger partial charge in [0.1, 0.15) is 0 Å². The standard InChI is InChI=1S/C12H9NO2S3/c14-13(15)12-7(3-1-6-10(12)18)11-8(16)4-2-5-9(11)17/h1-6,16-18H. The maximum Gasteiger partial charge on any atom is 0.290 e. The molecule has 0 fully saturated rings. The van der Waals surface area contributed by atoms with Gasteiger partial charge >= 0.3 is 0 Å². The van der Waals surface area contributed by atoms with Crippen LogP contribution in [0.3, 0.4) is 0 Å². The molecule has 3 nitrogen and oxygen atoms in total. The zero-order valence-electron chi connectivity index (χ0n) is 9.07. The van der Waals surface area contributed by atoms with Crippen LogP contribution in [-0.4, -0.2) is 4.92 Å². The summed E-state index contributed by atoms with van der Waals surface area (Å²) in [5.74, 6) is 0. The Morgan fingerprint density at radius 1 is 0.889 bits per heavy atom. The molecule has 0 saturated heterocycles. The highest BCUT2D eigenvalue weighted by Gasteiger charge is 2.21. The van der Waals surface area contributed by atoms with Gasteiger partial charge in [0.05, 0.1) is 15.4 Å². The monoisotopic (exact) mass is 295 g/mol. The molecule has 0 N–H and O–H groups in total. The summed E-state index contributed by atoms with van der Waals surface area (Å²) < 4.78 is 0. The van der Waals surface area contributed by atoms with E-state index >= 15 is 0 Å². The Labute approximate surface area is 121 Å². The van der Waals surface area contributed by atoms with E-state index in [9.17, 15) is 10.1 Å². The lowest BCUT2D eigenvalue weighted by molar-refractivity contribution is -0.387. The molecule has 0 atom stereocenters. The maximum absolute atomic E-state index is 11.1. The molecule has 0 aliphatic rings. The van der Waals surface area contributed by atoms with Crippen molar-refractivity contribution in [1.82, 2.24) is 0 Å². The van der Waals surface area contributed by atoms with Gasteiger partial charge in [0.2, 0.25) is 0 Å². The largest absolute Gasteiger partial charge is 0.290 e. The molecule has 92 valence electrons. The topological polar surface area (TPSA) is 43.1 Å². The van der Waals surface area contributed by atoms with Crippen LogP contribution >= 0.6 is 37.9 Å². The summed E-state index contributed by atoms with van der Waals surface area (Å²) in [7, 11) is 0. The third-order valence-corrected chi connectivity index (χ3v) is 3.59. The molecule has 2 rings (SSSR count). The Hall–Kier alpha value is -1.11. The number of nitro groups is 1. The molecule has 0 unspecified atom stereocenters. The second kappa shape index (κ2) is 5.26. The van der Waals surface area contributed by atoms with Gasteiger partial charge in [-0.1, -0.05) is 12.1 Å². The van der Waals surface area contributed by atoms with Crippen molar-refractivity contribution >= 4 is 43.6 Å². The number of thiol groups is 3. The van der Waals surface area contributed by atoms with E-state index in [1.807, 2.05) is 0 Å². The van der Waals surface area contributed by atoms with Gasteiger partial charge in [0.25, 0.3) is 5.69 Å². The van der Waals surface area contributed by atoms with E-state index in [2.05, 4.69) is 37.9 Å². The van der Waals surface area contributed by atoms with Crippen LogP contribution in [0.15, 0.2) is 51.1 Å². The number of para-hydroxylation sites is 1. The molecule has 0 aromatic heterocycles. The van der Waals surface area contributed by atoms with Gasteiger partial charge in [-0.3, -0.25) is 10.1 Å². The lowest BCUT2D eigenvalue weighted by Crippen LogP contribution is -1.95. The lowest BCUT2D eigenvalue weighted by atomic mass is 10.0. The maximum atomic E-state index is 11.1. The number of rotatable bonds is 2. The number of hydrogen-bond acceptors (Lipinski definition) is 5. The molecule has 0 bridgehead atoms. The van der Waals surface area contributed by atoms with E-state index in [0.29, 0.717) is 25.8 Å². The van der Waals surface area contributed by atoms with Crippen molar-refractivity contribution in [2.24, 2.45) is 0 Å². The summed E-state index contributed by atoms with van der Waals surface area (Å²) in [5.41, 5.74) is 1.09. The Morgan fingerprint density at radius 3 is 1.94 bits per heavy atom. The molecule has 0 aliphatic carbocycles. The predicted octanol–water partition coefficient (Wildman–Crippen LogP) is 4.13. The van der Waals surface area contributed by atoms with Crippen molar-refractivity contribution in [3.05, 3.63) is 46.5 Å². The van der Waals surface area contributed by atoms with Crippen LogP contribution in [0.1, 0.15) is 0 Å². The molecule has 0 aliphatic heterocycles. The average molecular weight is 295 g/mol. The van der Waals surface area contributed by atoms with Crippen LogP contribution in [0.5, 0.6) is 0 Å². The molecular formula is C12H9NO2S3. The summed E-state index contributed by atoms with van der Waals surface area (Å²) in [6, 6.07) is 10.3. The van der Waals surface area contributed by atoms with Gasteiger partial charge in [-0.25, -0.2) is 0 Å². The van der Waals surface area contributed by atoms with Gasteiger partial charge in [-0.15, -0.1) is 37.9 Å². The normalized spacial score (nSPS) is 10.4. The molecule has 0 saturated carbocycles. The van der Waals surface area contributed by atoms with Crippen molar-refractivity contribution in [1.29, 1.82) is 0 Å². The lowest BCUT2D eigenvalue weighted by Gasteiger charge is -2.10. The van der Waals surface area contributed by atoms with E-state index in [1.54, 1.807) is 36.4 Å². The van der Waals surface area contributed by atoms with Gasteiger partial charge in [-0.05, 0) is 24.3 Å². The SMILES string of the molecule is O=[N+]([O-])c1c(S)cccc1-c1c(S)cccc1S. The first-order valence-electron chi connectivity index (χ1n) is 5.00. The number of hydrogen-bond donors (Lipinski definition) is 3. The Morgan fingerprint density at radius 2 is 1.39 bits per heavy atom. The van der Waals surface area contributed by atoms with Crippen molar-refractivity contribution < 1.29 is 4.92 Å². The van der Waals surface area contributed by atoms with E-state index < -0.39 is 4.92 Å². The van der Waals surface area contributed by atoms with Gasteiger partial charge < -0.3 is 0 Å². The molecule has 0 heterocycles. The summed E-state index contributed by atoms with van der Waals surface area (Å²) in [4.78, 5) is 12.3. The molecule has 0 radical (unpaired) electrons. The summed E-state index contributed by atoms with van der Waals surface area (Å²) in [6.07, 6.45) is 0. The van der Waals surface area contributed by atoms with Crippen LogP contribution in [0, 0.1) is 10.1 Å².